The minimum atomic E-state index is -0.0984. The Bertz CT molecular complexity index is 336. The maximum Gasteiger partial charge on any atom is 0.271 e. The first-order valence-corrected chi connectivity index (χ1v) is 5.23. The first kappa shape index (κ1) is 10.2. The molecular weight excluding hydrogens is 194 g/mol. The molecule has 1 aromatic heterocycles. The van der Waals surface area contributed by atoms with E-state index < -0.39 is 0 Å². The molecule has 1 amide bonds. The molecule has 0 saturated heterocycles. The van der Waals surface area contributed by atoms with E-state index in [-0.39, 0.29) is 5.91 Å². The minimum absolute atomic E-state index is 0.0984. The number of carbonyl (C=O) groups is 1. The van der Waals surface area contributed by atoms with Gasteiger partial charge >= 0.3 is 0 Å². The first-order chi connectivity index (χ1) is 7.31. The molecule has 1 N–H and O–H groups in total. The van der Waals surface area contributed by atoms with Gasteiger partial charge in [0, 0.05) is 19.3 Å². The third-order valence-electron chi connectivity index (χ3n) is 2.34. The van der Waals surface area contributed by atoms with Gasteiger partial charge in [-0.3, -0.25) is 4.79 Å². The zero-order valence-corrected chi connectivity index (χ0v) is 8.82. The molecule has 0 bridgehead atoms. The van der Waals surface area contributed by atoms with Gasteiger partial charge in [0.05, 0.1) is 6.61 Å². The number of imidazole rings is 1. The summed E-state index contributed by atoms with van der Waals surface area (Å²) in [7, 11) is 0. The van der Waals surface area contributed by atoms with Gasteiger partial charge in [-0.25, -0.2) is 4.98 Å². The van der Waals surface area contributed by atoms with Crippen LogP contribution < -0.4 is 5.32 Å². The quantitative estimate of drug-likeness (QED) is 0.791. The van der Waals surface area contributed by atoms with Crippen LogP contribution in [0.3, 0.4) is 0 Å². The molecular formula is C10H15N3O2. The highest BCUT2D eigenvalue weighted by molar-refractivity contribution is 5.92. The monoisotopic (exact) mass is 209 g/mol. The van der Waals surface area contributed by atoms with Crippen molar-refractivity contribution in [3.05, 3.63) is 17.7 Å². The number of fused-ring (bicyclic) bond motifs is 1. The lowest BCUT2D eigenvalue weighted by Crippen LogP contribution is -2.24. The molecule has 0 unspecified atom stereocenters. The fourth-order valence-corrected chi connectivity index (χ4v) is 1.53. The maximum absolute atomic E-state index is 11.6. The Kier molecular flexibility index (Phi) is 3.01. The number of rotatable bonds is 3. The molecule has 0 fully saturated rings. The van der Waals surface area contributed by atoms with E-state index >= 15 is 0 Å². The lowest BCUT2D eigenvalue weighted by atomic mass is 10.4. The fourth-order valence-electron chi connectivity index (χ4n) is 1.53. The minimum Gasteiger partial charge on any atom is -0.372 e. The Morgan fingerprint density at radius 3 is 3.33 bits per heavy atom. The number of hydrogen-bond acceptors (Lipinski definition) is 3. The topological polar surface area (TPSA) is 56.2 Å². The summed E-state index contributed by atoms with van der Waals surface area (Å²) in [6.45, 7) is 4.69. The third-order valence-corrected chi connectivity index (χ3v) is 2.34. The average molecular weight is 209 g/mol. The SMILES string of the molecule is CCCNC(=O)c1cn2c(n1)COCC2. The zero-order chi connectivity index (χ0) is 10.7. The molecule has 15 heavy (non-hydrogen) atoms. The van der Waals surface area contributed by atoms with Crippen LogP contribution in [0.5, 0.6) is 0 Å². The van der Waals surface area contributed by atoms with Crippen LogP contribution in [0.25, 0.3) is 0 Å². The van der Waals surface area contributed by atoms with Crippen LogP contribution in [0, 0.1) is 0 Å². The van der Waals surface area contributed by atoms with Crippen LogP contribution in [0.2, 0.25) is 0 Å². The molecule has 0 saturated carbocycles. The lowest BCUT2D eigenvalue weighted by Gasteiger charge is -2.13. The van der Waals surface area contributed by atoms with Crippen molar-refractivity contribution < 1.29 is 9.53 Å². The van der Waals surface area contributed by atoms with E-state index in [9.17, 15) is 4.79 Å². The fraction of sp³-hybridized carbons (Fsp3) is 0.600. The van der Waals surface area contributed by atoms with Gasteiger partial charge in [0.2, 0.25) is 0 Å². The van der Waals surface area contributed by atoms with E-state index in [4.69, 9.17) is 4.74 Å². The molecule has 0 spiro atoms. The van der Waals surface area contributed by atoms with Gasteiger partial charge in [0.1, 0.15) is 18.1 Å². The van der Waals surface area contributed by atoms with Gasteiger partial charge < -0.3 is 14.6 Å². The lowest BCUT2D eigenvalue weighted by molar-refractivity contribution is 0.0816. The molecule has 1 aliphatic heterocycles. The normalized spacial score (nSPS) is 14.7. The predicted molar refractivity (Wildman–Crippen MR) is 54.5 cm³/mol. The first-order valence-electron chi connectivity index (χ1n) is 5.23. The van der Waals surface area contributed by atoms with Gasteiger partial charge in [-0.1, -0.05) is 6.92 Å². The second-order valence-corrected chi connectivity index (χ2v) is 3.54. The van der Waals surface area contributed by atoms with Crippen molar-refractivity contribution in [3.63, 3.8) is 0 Å². The largest absolute Gasteiger partial charge is 0.372 e. The second kappa shape index (κ2) is 4.44. The molecule has 2 heterocycles. The summed E-state index contributed by atoms with van der Waals surface area (Å²) in [5.41, 5.74) is 0.490. The summed E-state index contributed by atoms with van der Waals surface area (Å²) in [5, 5.41) is 2.80. The van der Waals surface area contributed by atoms with E-state index in [1.54, 1.807) is 6.20 Å². The van der Waals surface area contributed by atoms with E-state index in [1.807, 2.05) is 11.5 Å². The van der Waals surface area contributed by atoms with Crippen LogP contribution in [0.1, 0.15) is 29.7 Å². The number of nitrogens with zero attached hydrogens (tertiary/aromatic N) is 2. The van der Waals surface area contributed by atoms with Crippen LogP contribution in [0.15, 0.2) is 6.20 Å². The second-order valence-electron chi connectivity index (χ2n) is 3.54. The number of hydrogen-bond donors (Lipinski definition) is 1. The van der Waals surface area contributed by atoms with Crippen molar-refractivity contribution in [2.75, 3.05) is 13.2 Å². The van der Waals surface area contributed by atoms with Crippen molar-refractivity contribution in [2.24, 2.45) is 0 Å². The van der Waals surface area contributed by atoms with E-state index in [0.29, 0.717) is 25.5 Å². The van der Waals surface area contributed by atoms with E-state index in [1.165, 1.54) is 0 Å². The Labute approximate surface area is 88.4 Å². The van der Waals surface area contributed by atoms with Crippen molar-refractivity contribution in [1.82, 2.24) is 14.9 Å². The molecule has 1 aromatic rings. The van der Waals surface area contributed by atoms with Gasteiger partial charge in [0.25, 0.3) is 5.91 Å². The Morgan fingerprint density at radius 2 is 2.60 bits per heavy atom. The van der Waals surface area contributed by atoms with Crippen LogP contribution in [-0.2, 0) is 17.9 Å². The van der Waals surface area contributed by atoms with Crippen molar-refractivity contribution in [3.8, 4) is 0 Å². The predicted octanol–water partition coefficient (Wildman–Crippen LogP) is 0.553. The highest BCUT2D eigenvalue weighted by Crippen LogP contribution is 2.09. The number of nitrogens with one attached hydrogen (secondary N) is 1. The summed E-state index contributed by atoms with van der Waals surface area (Å²) >= 11 is 0. The smallest absolute Gasteiger partial charge is 0.271 e. The number of carbonyl (C=O) groups excluding carboxylic acids is 1. The number of ether oxygens (including phenoxy) is 1. The molecule has 82 valence electrons. The Balaban J connectivity index is 2.08. The van der Waals surface area contributed by atoms with Crippen molar-refractivity contribution in [1.29, 1.82) is 0 Å². The van der Waals surface area contributed by atoms with Crippen molar-refractivity contribution in [2.45, 2.75) is 26.5 Å². The summed E-state index contributed by atoms with van der Waals surface area (Å²) in [5.74, 6) is 0.738. The summed E-state index contributed by atoms with van der Waals surface area (Å²) in [4.78, 5) is 15.8. The highest BCUT2D eigenvalue weighted by atomic mass is 16.5. The highest BCUT2D eigenvalue weighted by Gasteiger charge is 2.16. The molecule has 5 nitrogen and oxygen atoms in total. The standard InChI is InChI=1S/C10H15N3O2/c1-2-3-11-10(14)8-6-13-4-5-15-7-9(13)12-8/h6H,2-5,7H2,1H3,(H,11,14). The summed E-state index contributed by atoms with van der Waals surface area (Å²) < 4.78 is 7.23. The Morgan fingerprint density at radius 1 is 1.73 bits per heavy atom. The van der Waals surface area contributed by atoms with Gasteiger partial charge in [-0.2, -0.15) is 0 Å². The van der Waals surface area contributed by atoms with Crippen LogP contribution in [0.4, 0.5) is 0 Å². The molecule has 5 heteroatoms. The van der Waals surface area contributed by atoms with Gasteiger partial charge in [-0.05, 0) is 6.42 Å². The van der Waals surface area contributed by atoms with E-state index in [0.717, 1.165) is 18.8 Å². The molecule has 0 atom stereocenters. The molecule has 0 aromatic carbocycles. The number of aromatic nitrogens is 2. The van der Waals surface area contributed by atoms with Crippen LogP contribution in [-0.4, -0.2) is 28.6 Å². The molecule has 0 radical (unpaired) electrons. The molecule has 0 aliphatic carbocycles. The maximum atomic E-state index is 11.6. The summed E-state index contributed by atoms with van der Waals surface area (Å²) in [6, 6.07) is 0. The van der Waals surface area contributed by atoms with Gasteiger partial charge in [-0.15, -0.1) is 0 Å². The average Bonchev–Trinajstić information content (AvgIpc) is 2.69. The number of amides is 1. The van der Waals surface area contributed by atoms with Crippen molar-refractivity contribution >= 4 is 5.91 Å². The van der Waals surface area contributed by atoms with Crippen LogP contribution >= 0.6 is 0 Å². The van der Waals surface area contributed by atoms with E-state index in [2.05, 4.69) is 10.3 Å². The molecule has 2 rings (SSSR count). The Hall–Kier alpha value is -1.36. The van der Waals surface area contributed by atoms with Gasteiger partial charge in [0.15, 0.2) is 0 Å². The zero-order valence-electron chi connectivity index (χ0n) is 8.82. The summed E-state index contributed by atoms with van der Waals surface area (Å²) in [6.07, 6.45) is 2.73. The third kappa shape index (κ3) is 2.18. The molecule has 1 aliphatic rings.